The summed E-state index contributed by atoms with van der Waals surface area (Å²) < 4.78 is 10.6. The van der Waals surface area contributed by atoms with Crippen LogP contribution in [-0.2, 0) is 11.2 Å². The minimum Gasteiger partial charge on any atom is -0.496 e. The van der Waals surface area contributed by atoms with Crippen LogP contribution in [-0.4, -0.2) is 33.4 Å². The zero-order chi connectivity index (χ0) is 14.1. The van der Waals surface area contributed by atoms with Crippen molar-refractivity contribution < 1.29 is 9.47 Å². The van der Waals surface area contributed by atoms with Gasteiger partial charge in [0.1, 0.15) is 5.75 Å². The predicted molar refractivity (Wildman–Crippen MR) is 79.8 cm³/mol. The van der Waals surface area contributed by atoms with Gasteiger partial charge in [0.05, 0.1) is 7.11 Å². The number of methoxy groups -OCH3 is 2. The van der Waals surface area contributed by atoms with Gasteiger partial charge in [-0.25, -0.2) is 0 Å². The predicted octanol–water partition coefficient (Wildman–Crippen LogP) is 2.89. The molecule has 19 heavy (non-hydrogen) atoms. The van der Waals surface area contributed by atoms with Crippen molar-refractivity contribution in [2.45, 2.75) is 32.7 Å². The molecule has 2 atom stereocenters. The third-order valence-electron chi connectivity index (χ3n) is 3.56. The zero-order valence-electron chi connectivity index (χ0n) is 12.6. The van der Waals surface area contributed by atoms with E-state index in [9.17, 15) is 0 Å². The Labute approximate surface area is 117 Å². The van der Waals surface area contributed by atoms with E-state index < -0.39 is 0 Å². The molecule has 1 N–H and O–H groups in total. The third-order valence-corrected chi connectivity index (χ3v) is 3.56. The van der Waals surface area contributed by atoms with Gasteiger partial charge in [0.2, 0.25) is 0 Å². The lowest BCUT2D eigenvalue weighted by Crippen LogP contribution is -2.37. The highest BCUT2D eigenvalue weighted by atomic mass is 16.5. The molecule has 0 bridgehead atoms. The van der Waals surface area contributed by atoms with E-state index in [-0.39, 0.29) is 0 Å². The van der Waals surface area contributed by atoms with Crippen LogP contribution in [0.25, 0.3) is 0 Å². The van der Waals surface area contributed by atoms with Gasteiger partial charge >= 0.3 is 0 Å². The van der Waals surface area contributed by atoms with E-state index in [4.69, 9.17) is 9.47 Å². The molecule has 0 spiro atoms. The van der Waals surface area contributed by atoms with Crippen LogP contribution in [0, 0.1) is 5.92 Å². The molecule has 0 aromatic heterocycles. The number of likely N-dealkylation sites (N-methyl/N-ethyl adjacent to an activating group) is 1. The van der Waals surface area contributed by atoms with Gasteiger partial charge in [-0.2, -0.15) is 0 Å². The highest BCUT2D eigenvalue weighted by Crippen LogP contribution is 2.22. The number of hydrogen-bond donors (Lipinski definition) is 1. The summed E-state index contributed by atoms with van der Waals surface area (Å²) in [6, 6.07) is 8.71. The first-order chi connectivity index (χ1) is 9.22. The molecule has 1 aromatic rings. The Balaban J connectivity index is 2.71. The molecule has 1 aromatic carbocycles. The molecule has 0 aliphatic carbocycles. The summed E-state index contributed by atoms with van der Waals surface area (Å²) >= 11 is 0. The number of rotatable bonds is 9. The first kappa shape index (κ1) is 16.0. The zero-order valence-corrected chi connectivity index (χ0v) is 12.6. The topological polar surface area (TPSA) is 30.5 Å². The van der Waals surface area contributed by atoms with Crippen molar-refractivity contribution >= 4 is 0 Å². The Bertz CT molecular complexity index is 354. The molecule has 0 heterocycles. The molecule has 0 aliphatic heterocycles. The largest absolute Gasteiger partial charge is 0.496 e. The van der Waals surface area contributed by atoms with Gasteiger partial charge in [-0.3, -0.25) is 0 Å². The lowest BCUT2D eigenvalue weighted by atomic mass is 9.92. The standard InChI is InChI=1S/C16H27NO2/c1-5-17-15(13(2)10-11-18-3)12-14-8-6-7-9-16(14)19-4/h6-9,13,15,17H,5,10-12H2,1-4H3. The average Bonchev–Trinajstić information content (AvgIpc) is 2.44. The maximum atomic E-state index is 5.43. The molecule has 0 aliphatic rings. The molecule has 0 saturated carbocycles. The van der Waals surface area contributed by atoms with Gasteiger partial charge in [0.15, 0.2) is 0 Å². The maximum absolute atomic E-state index is 5.43. The van der Waals surface area contributed by atoms with Crippen LogP contribution in [0.4, 0.5) is 0 Å². The highest BCUT2D eigenvalue weighted by Gasteiger charge is 2.18. The van der Waals surface area contributed by atoms with Crippen molar-refractivity contribution in [3.63, 3.8) is 0 Å². The highest BCUT2D eigenvalue weighted by molar-refractivity contribution is 5.33. The third kappa shape index (κ3) is 5.21. The summed E-state index contributed by atoms with van der Waals surface area (Å²) in [5, 5.41) is 3.58. The average molecular weight is 265 g/mol. The second kappa shape index (κ2) is 8.94. The van der Waals surface area contributed by atoms with Crippen LogP contribution >= 0.6 is 0 Å². The van der Waals surface area contributed by atoms with Crippen LogP contribution < -0.4 is 10.1 Å². The molecule has 0 radical (unpaired) electrons. The summed E-state index contributed by atoms with van der Waals surface area (Å²) in [4.78, 5) is 0. The summed E-state index contributed by atoms with van der Waals surface area (Å²) in [5.74, 6) is 1.55. The Morgan fingerprint density at radius 1 is 1.21 bits per heavy atom. The number of nitrogens with one attached hydrogen (secondary N) is 1. The van der Waals surface area contributed by atoms with Gasteiger partial charge in [-0.15, -0.1) is 0 Å². The summed E-state index contributed by atoms with van der Waals surface area (Å²) in [5.41, 5.74) is 1.26. The van der Waals surface area contributed by atoms with Crippen LogP contribution in [0.5, 0.6) is 5.75 Å². The van der Waals surface area contributed by atoms with E-state index in [1.54, 1.807) is 14.2 Å². The number of para-hydroxylation sites is 1. The fraction of sp³-hybridized carbons (Fsp3) is 0.625. The van der Waals surface area contributed by atoms with Crippen molar-refractivity contribution in [1.82, 2.24) is 5.32 Å². The molecular formula is C16H27NO2. The number of benzene rings is 1. The van der Waals surface area contributed by atoms with Crippen LogP contribution in [0.3, 0.4) is 0 Å². The fourth-order valence-corrected chi connectivity index (χ4v) is 2.35. The number of ether oxygens (including phenoxy) is 2. The normalized spacial score (nSPS) is 14.1. The van der Waals surface area contributed by atoms with Gasteiger partial charge in [0, 0.05) is 19.8 Å². The van der Waals surface area contributed by atoms with Crippen LogP contribution in [0.15, 0.2) is 24.3 Å². The monoisotopic (exact) mass is 265 g/mol. The molecule has 1 rings (SSSR count). The van der Waals surface area contributed by atoms with E-state index >= 15 is 0 Å². The van der Waals surface area contributed by atoms with Gasteiger partial charge in [-0.1, -0.05) is 32.0 Å². The smallest absolute Gasteiger partial charge is 0.122 e. The van der Waals surface area contributed by atoms with Crippen LogP contribution in [0.1, 0.15) is 25.8 Å². The van der Waals surface area contributed by atoms with E-state index in [0.29, 0.717) is 12.0 Å². The van der Waals surface area contributed by atoms with E-state index in [2.05, 4.69) is 31.3 Å². The number of hydrogen-bond acceptors (Lipinski definition) is 3. The summed E-state index contributed by atoms with van der Waals surface area (Å²) in [6.45, 7) is 6.23. The minimum absolute atomic E-state index is 0.455. The fourth-order valence-electron chi connectivity index (χ4n) is 2.35. The second-order valence-electron chi connectivity index (χ2n) is 4.94. The van der Waals surface area contributed by atoms with Crippen molar-refractivity contribution in [3.05, 3.63) is 29.8 Å². The molecule has 2 unspecified atom stereocenters. The molecule has 3 nitrogen and oxygen atoms in total. The van der Waals surface area contributed by atoms with Crippen molar-refractivity contribution in [1.29, 1.82) is 0 Å². The lowest BCUT2D eigenvalue weighted by Gasteiger charge is -2.25. The second-order valence-corrected chi connectivity index (χ2v) is 4.94. The van der Waals surface area contributed by atoms with Crippen molar-refractivity contribution in [2.24, 2.45) is 5.92 Å². The van der Waals surface area contributed by atoms with E-state index in [0.717, 1.165) is 31.7 Å². The summed E-state index contributed by atoms with van der Waals surface area (Å²) in [7, 11) is 3.49. The Hall–Kier alpha value is -1.06. The van der Waals surface area contributed by atoms with E-state index in [1.165, 1.54) is 5.56 Å². The quantitative estimate of drug-likeness (QED) is 0.744. The Morgan fingerprint density at radius 3 is 2.58 bits per heavy atom. The van der Waals surface area contributed by atoms with Gasteiger partial charge < -0.3 is 14.8 Å². The molecule has 0 saturated heterocycles. The Morgan fingerprint density at radius 2 is 1.95 bits per heavy atom. The first-order valence-corrected chi connectivity index (χ1v) is 7.07. The molecule has 3 heteroatoms. The maximum Gasteiger partial charge on any atom is 0.122 e. The molecule has 0 fully saturated rings. The van der Waals surface area contributed by atoms with Gasteiger partial charge in [0.25, 0.3) is 0 Å². The Kier molecular flexibility index (Phi) is 7.53. The van der Waals surface area contributed by atoms with Crippen molar-refractivity contribution in [2.75, 3.05) is 27.4 Å². The summed E-state index contributed by atoms with van der Waals surface area (Å²) in [6.07, 6.45) is 2.06. The van der Waals surface area contributed by atoms with Gasteiger partial charge in [-0.05, 0) is 36.9 Å². The first-order valence-electron chi connectivity index (χ1n) is 7.07. The van der Waals surface area contributed by atoms with Crippen LogP contribution in [0.2, 0.25) is 0 Å². The molecule has 108 valence electrons. The lowest BCUT2D eigenvalue weighted by molar-refractivity contribution is 0.170. The minimum atomic E-state index is 0.455. The van der Waals surface area contributed by atoms with E-state index in [1.807, 2.05) is 12.1 Å². The SMILES string of the molecule is CCNC(Cc1ccccc1OC)C(C)CCOC. The molecular weight excluding hydrogens is 238 g/mol. The van der Waals surface area contributed by atoms with Crippen molar-refractivity contribution in [3.8, 4) is 5.75 Å². The molecule has 0 amide bonds.